The Labute approximate surface area is 107 Å². The van der Waals surface area contributed by atoms with Crippen molar-refractivity contribution in [3.63, 3.8) is 0 Å². The quantitative estimate of drug-likeness (QED) is 0.814. The van der Waals surface area contributed by atoms with Crippen molar-refractivity contribution < 1.29 is 9.53 Å². The second-order valence-corrected chi connectivity index (χ2v) is 5.32. The molecule has 0 aromatic carbocycles. The Balaban J connectivity index is 2.22. The molecule has 98 valence electrons. The maximum Gasteiger partial charge on any atom is 0.274 e. The zero-order valence-corrected chi connectivity index (χ0v) is 11.0. The molecule has 1 aromatic heterocycles. The molecule has 2 heterocycles. The Morgan fingerprint density at radius 2 is 2.33 bits per heavy atom. The average molecular weight is 249 g/mol. The Morgan fingerprint density at radius 3 is 2.94 bits per heavy atom. The standard InChI is InChI=1S/C13H19N3O2/c1-9-7-16(8-13(2,3)18-9)12(17)11-10(14)5-4-6-15-11/h4-6,9H,7-8,14H2,1-3H3. The van der Waals surface area contributed by atoms with E-state index in [0.717, 1.165) is 0 Å². The topological polar surface area (TPSA) is 68.5 Å². The average Bonchev–Trinajstić information content (AvgIpc) is 2.26. The molecule has 5 nitrogen and oxygen atoms in total. The van der Waals surface area contributed by atoms with Gasteiger partial charge in [-0.05, 0) is 32.9 Å². The number of nitrogens with two attached hydrogens (primary N) is 1. The van der Waals surface area contributed by atoms with Crippen LogP contribution < -0.4 is 5.73 Å². The van der Waals surface area contributed by atoms with Gasteiger partial charge in [-0.15, -0.1) is 0 Å². The molecule has 1 aliphatic heterocycles. The van der Waals surface area contributed by atoms with E-state index in [1.807, 2.05) is 20.8 Å². The van der Waals surface area contributed by atoms with Gasteiger partial charge in [-0.3, -0.25) is 4.79 Å². The first kappa shape index (κ1) is 12.8. The van der Waals surface area contributed by atoms with Gasteiger partial charge in [0.15, 0.2) is 5.69 Å². The van der Waals surface area contributed by atoms with Gasteiger partial charge in [0.25, 0.3) is 5.91 Å². The van der Waals surface area contributed by atoms with E-state index >= 15 is 0 Å². The summed E-state index contributed by atoms with van der Waals surface area (Å²) in [5.74, 6) is -0.128. The molecule has 0 saturated carbocycles. The lowest BCUT2D eigenvalue weighted by molar-refractivity contribution is -0.118. The zero-order valence-electron chi connectivity index (χ0n) is 11.0. The Hall–Kier alpha value is -1.62. The number of hydrogen-bond donors (Lipinski definition) is 1. The molecule has 1 atom stereocenters. The van der Waals surface area contributed by atoms with Crippen LogP contribution in [0.15, 0.2) is 18.3 Å². The monoisotopic (exact) mass is 249 g/mol. The first-order chi connectivity index (χ1) is 8.39. The molecule has 5 heteroatoms. The van der Waals surface area contributed by atoms with Crippen molar-refractivity contribution >= 4 is 11.6 Å². The van der Waals surface area contributed by atoms with Crippen molar-refractivity contribution in [3.8, 4) is 0 Å². The lowest BCUT2D eigenvalue weighted by Crippen LogP contribution is -2.54. The molecule has 1 unspecified atom stereocenters. The number of amides is 1. The van der Waals surface area contributed by atoms with Crippen molar-refractivity contribution in [2.75, 3.05) is 18.8 Å². The first-order valence-corrected chi connectivity index (χ1v) is 6.06. The van der Waals surface area contributed by atoms with Crippen LogP contribution in [0.25, 0.3) is 0 Å². The first-order valence-electron chi connectivity index (χ1n) is 6.06. The highest BCUT2D eigenvalue weighted by Crippen LogP contribution is 2.22. The third kappa shape index (κ3) is 2.61. The van der Waals surface area contributed by atoms with Crippen LogP contribution in [-0.2, 0) is 4.74 Å². The number of rotatable bonds is 1. The summed E-state index contributed by atoms with van der Waals surface area (Å²) in [5, 5.41) is 0. The molecule has 18 heavy (non-hydrogen) atoms. The van der Waals surface area contributed by atoms with Gasteiger partial charge in [-0.2, -0.15) is 0 Å². The summed E-state index contributed by atoms with van der Waals surface area (Å²) in [4.78, 5) is 18.2. The second kappa shape index (κ2) is 4.57. The molecule has 1 aromatic rings. The number of nitrogen functional groups attached to an aromatic ring is 1. The van der Waals surface area contributed by atoms with Gasteiger partial charge >= 0.3 is 0 Å². The van der Waals surface area contributed by atoms with Crippen LogP contribution >= 0.6 is 0 Å². The summed E-state index contributed by atoms with van der Waals surface area (Å²) in [5.41, 5.74) is 6.19. The number of carbonyl (C=O) groups is 1. The Bertz CT molecular complexity index is 459. The third-order valence-electron chi connectivity index (χ3n) is 2.90. The van der Waals surface area contributed by atoms with E-state index in [1.54, 1.807) is 23.2 Å². The van der Waals surface area contributed by atoms with E-state index < -0.39 is 0 Å². The summed E-state index contributed by atoms with van der Waals surface area (Å²) >= 11 is 0. The molecule has 0 spiro atoms. The lowest BCUT2D eigenvalue weighted by Gasteiger charge is -2.41. The molecule has 2 rings (SSSR count). The summed E-state index contributed by atoms with van der Waals surface area (Å²) in [6.45, 7) is 7.03. The molecule has 1 aliphatic rings. The van der Waals surface area contributed by atoms with Gasteiger partial charge in [0.2, 0.25) is 0 Å². The van der Waals surface area contributed by atoms with Crippen LogP contribution in [0.3, 0.4) is 0 Å². The fraction of sp³-hybridized carbons (Fsp3) is 0.538. The maximum atomic E-state index is 12.4. The predicted octanol–water partition coefficient (Wildman–Crippen LogP) is 1.30. The number of pyridine rings is 1. The number of ether oxygens (including phenoxy) is 1. The van der Waals surface area contributed by atoms with Gasteiger partial charge in [0, 0.05) is 19.3 Å². The fourth-order valence-electron chi connectivity index (χ4n) is 2.35. The molecule has 1 fully saturated rings. The summed E-state index contributed by atoms with van der Waals surface area (Å²) in [6, 6.07) is 3.41. The van der Waals surface area contributed by atoms with Gasteiger partial charge < -0.3 is 15.4 Å². The van der Waals surface area contributed by atoms with Crippen molar-refractivity contribution in [2.45, 2.75) is 32.5 Å². The summed E-state index contributed by atoms with van der Waals surface area (Å²) in [6.07, 6.45) is 1.60. The third-order valence-corrected chi connectivity index (χ3v) is 2.90. The van der Waals surface area contributed by atoms with Crippen molar-refractivity contribution in [1.82, 2.24) is 9.88 Å². The highest BCUT2D eigenvalue weighted by molar-refractivity contribution is 5.97. The molecule has 0 radical (unpaired) electrons. The minimum Gasteiger partial charge on any atom is -0.397 e. The number of hydrogen-bond acceptors (Lipinski definition) is 4. The Morgan fingerprint density at radius 1 is 1.61 bits per heavy atom. The molecule has 1 saturated heterocycles. The van der Waals surface area contributed by atoms with Crippen LogP contribution in [0.5, 0.6) is 0 Å². The Kier molecular flexibility index (Phi) is 3.26. The molecule has 0 bridgehead atoms. The van der Waals surface area contributed by atoms with E-state index in [1.165, 1.54) is 0 Å². The lowest BCUT2D eigenvalue weighted by atomic mass is 10.0. The maximum absolute atomic E-state index is 12.4. The minimum atomic E-state index is -0.336. The normalized spacial score (nSPS) is 22.8. The highest BCUT2D eigenvalue weighted by Gasteiger charge is 2.34. The van der Waals surface area contributed by atoms with E-state index in [9.17, 15) is 4.79 Å². The smallest absolute Gasteiger partial charge is 0.274 e. The van der Waals surface area contributed by atoms with Gasteiger partial charge in [-0.1, -0.05) is 0 Å². The van der Waals surface area contributed by atoms with Crippen LogP contribution in [0.4, 0.5) is 5.69 Å². The van der Waals surface area contributed by atoms with Gasteiger partial charge in [-0.25, -0.2) is 4.98 Å². The fourth-order valence-corrected chi connectivity index (χ4v) is 2.35. The molecular weight excluding hydrogens is 230 g/mol. The zero-order chi connectivity index (χ0) is 13.3. The van der Waals surface area contributed by atoms with E-state index in [-0.39, 0.29) is 17.6 Å². The number of morpholine rings is 1. The van der Waals surface area contributed by atoms with Gasteiger partial charge in [0.1, 0.15) is 0 Å². The van der Waals surface area contributed by atoms with E-state index in [2.05, 4.69) is 4.98 Å². The molecule has 0 aliphatic carbocycles. The second-order valence-electron chi connectivity index (χ2n) is 5.32. The number of anilines is 1. The van der Waals surface area contributed by atoms with Crippen LogP contribution in [-0.4, -0.2) is 40.6 Å². The van der Waals surface area contributed by atoms with Crippen molar-refractivity contribution in [1.29, 1.82) is 0 Å². The number of aromatic nitrogens is 1. The molecule has 1 amide bonds. The largest absolute Gasteiger partial charge is 0.397 e. The van der Waals surface area contributed by atoms with E-state index in [4.69, 9.17) is 10.5 Å². The molecule has 2 N–H and O–H groups in total. The van der Waals surface area contributed by atoms with Crippen LogP contribution in [0.2, 0.25) is 0 Å². The molecular formula is C13H19N3O2. The number of nitrogens with zero attached hydrogens (tertiary/aromatic N) is 2. The van der Waals surface area contributed by atoms with Crippen LogP contribution in [0.1, 0.15) is 31.3 Å². The summed E-state index contributed by atoms with van der Waals surface area (Å²) < 4.78 is 5.77. The van der Waals surface area contributed by atoms with E-state index in [0.29, 0.717) is 24.5 Å². The van der Waals surface area contributed by atoms with Crippen molar-refractivity contribution in [3.05, 3.63) is 24.0 Å². The number of carbonyl (C=O) groups excluding carboxylic acids is 1. The SMILES string of the molecule is CC1CN(C(=O)c2ncccc2N)CC(C)(C)O1. The van der Waals surface area contributed by atoms with Crippen LogP contribution in [0, 0.1) is 0 Å². The summed E-state index contributed by atoms with van der Waals surface area (Å²) in [7, 11) is 0. The predicted molar refractivity (Wildman–Crippen MR) is 69.2 cm³/mol. The minimum absolute atomic E-state index is 0.0163. The van der Waals surface area contributed by atoms with Crippen molar-refractivity contribution in [2.24, 2.45) is 0 Å². The van der Waals surface area contributed by atoms with Gasteiger partial charge in [0.05, 0.1) is 17.4 Å². The highest BCUT2D eigenvalue weighted by atomic mass is 16.5.